The van der Waals surface area contributed by atoms with Gasteiger partial charge in [-0.15, -0.1) is 11.8 Å². The third-order valence-electron chi connectivity index (χ3n) is 4.19. The molecule has 0 radical (unpaired) electrons. The lowest BCUT2D eigenvalue weighted by Crippen LogP contribution is -2.41. The molecule has 0 saturated heterocycles. The van der Waals surface area contributed by atoms with Gasteiger partial charge >= 0.3 is 5.69 Å². The molecule has 0 aliphatic carbocycles. The maximum atomic E-state index is 13.1. The van der Waals surface area contributed by atoms with Crippen LogP contribution in [0.25, 0.3) is 5.69 Å². The molecular formula is C19H16N2O2S. The smallest absolute Gasteiger partial charge is 0.292 e. The number of hydrogen-bond donors (Lipinski definition) is 0. The van der Waals surface area contributed by atoms with Crippen LogP contribution in [0.15, 0.2) is 75.1 Å². The van der Waals surface area contributed by atoms with Crippen molar-refractivity contribution in [2.24, 2.45) is 0 Å². The number of aromatic nitrogens is 2. The van der Waals surface area contributed by atoms with Gasteiger partial charge in [0.25, 0.3) is 5.56 Å². The van der Waals surface area contributed by atoms with Crippen LogP contribution >= 0.6 is 11.8 Å². The summed E-state index contributed by atoms with van der Waals surface area (Å²) in [6.45, 7) is 0.482. The largest absolute Gasteiger partial charge is 0.336 e. The summed E-state index contributed by atoms with van der Waals surface area (Å²) in [5, 5.41) is 0. The van der Waals surface area contributed by atoms with Gasteiger partial charge in [-0.1, -0.05) is 48.5 Å². The zero-order valence-corrected chi connectivity index (χ0v) is 13.8. The Kier molecular flexibility index (Phi) is 3.86. The summed E-state index contributed by atoms with van der Waals surface area (Å²) in [6, 6.07) is 19.0. The fraction of sp³-hybridized carbons (Fsp3) is 0.158. The van der Waals surface area contributed by atoms with E-state index in [1.54, 1.807) is 28.5 Å². The average Bonchev–Trinajstić information content (AvgIpc) is 3.11. The molecule has 24 heavy (non-hydrogen) atoms. The van der Waals surface area contributed by atoms with Gasteiger partial charge in [0.05, 0.1) is 17.1 Å². The molecule has 2 aromatic carbocycles. The van der Waals surface area contributed by atoms with Crippen molar-refractivity contribution in [1.29, 1.82) is 0 Å². The quantitative estimate of drug-likeness (QED) is 0.739. The number of para-hydroxylation sites is 1. The van der Waals surface area contributed by atoms with E-state index in [4.69, 9.17) is 0 Å². The first-order valence-electron chi connectivity index (χ1n) is 7.86. The molecule has 0 bridgehead atoms. The number of nitrogens with zero attached hydrogens (tertiary/aromatic N) is 2. The van der Waals surface area contributed by atoms with Crippen LogP contribution in [0.5, 0.6) is 0 Å². The fourth-order valence-electron chi connectivity index (χ4n) is 3.05. The molecule has 0 atom stereocenters. The van der Waals surface area contributed by atoms with Crippen molar-refractivity contribution < 1.29 is 0 Å². The van der Waals surface area contributed by atoms with Gasteiger partial charge in [0.1, 0.15) is 0 Å². The molecule has 0 unspecified atom stereocenters. The normalized spacial score (nSPS) is 13.0. The second kappa shape index (κ2) is 6.17. The maximum absolute atomic E-state index is 13.1. The number of rotatable bonds is 3. The molecule has 2 heterocycles. The van der Waals surface area contributed by atoms with Gasteiger partial charge < -0.3 is 0 Å². The number of thioether (sulfide) groups is 1. The zero-order chi connectivity index (χ0) is 16.5. The highest BCUT2D eigenvalue weighted by molar-refractivity contribution is 7.99. The van der Waals surface area contributed by atoms with Crippen LogP contribution < -0.4 is 11.2 Å². The van der Waals surface area contributed by atoms with E-state index in [-0.39, 0.29) is 11.2 Å². The Morgan fingerprint density at radius 2 is 1.58 bits per heavy atom. The molecule has 1 aromatic heterocycles. The van der Waals surface area contributed by atoms with Crippen molar-refractivity contribution in [2.45, 2.75) is 17.9 Å². The second-order valence-electron chi connectivity index (χ2n) is 5.70. The van der Waals surface area contributed by atoms with Crippen molar-refractivity contribution in [3.8, 4) is 5.69 Å². The molecule has 0 amide bonds. The summed E-state index contributed by atoms with van der Waals surface area (Å²) < 4.78 is 3.04. The van der Waals surface area contributed by atoms with Crippen LogP contribution in [-0.2, 0) is 13.0 Å². The van der Waals surface area contributed by atoms with E-state index in [0.29, 0.717) is 17.1 Å². The van der Waals surface area contributed by atoms with Crippen molar-refractivity contribution in [3.63, 3.8) is 0 Å². The first-order valence-corrected chi connectivity index (χ1v) is 8.85. The SMILES string of the molecule is O=c1c2c(n(Cc3ccccc3)c(=O)n1-c1ccccc1)CCS2. The predicted octanol–water partition coefficient (Wildman–Crippen LogP) is 2.70. The summed E-state index contributed by atoms with van der Waals surface area (Å²) in [6.07, 6.45) is 0.757. The van der Waals surface area contributed by atoms with Gasteiger partial charge in [0.15, 0.2) is 0 Å². The lowest BCUT2D eigenvalue weighted by atomic mass is 10.2. The Labute approximate surface area is 143 Å². The lowest BCUT2D eigenvalue weighted by Gasteiger charge is -2.15. The monoisotopic (exact) mass is 336 g/mol. The summed E-state index contributed by atoms with van der Waals surface area (Å²) in [7, 11) is 0. The third kappa shape index (κ3) is 2.51. The second-order valence-corrected chi connectivity index (χ2v) is 6.81. The van der Waals surface area contributed by atoms with E-state index < -0.39 is 0 Å². The molecule has 4 nitrogen and oxygen atoms in total. The van der Waals surface area contributed by atoms with E-state index in [2.05, 4.69) is 0 Å². The van der Waals surface area contributed by atoms with Crippen LogP contribution in [0.1, 0.15) is 11.3 Å². The first-order chi connectivity index (χ1) is 11.8. The summed E-state index contributed by atoms with van der Waals surface area (Å²) in [5.41, 5.74) is 2.07. The topological polar surface area (TPSA) is 44.0 Å². The van der Waals surface area contributed by atoms with Gasteiger partial charge in [-0.2, -0.15) is 0 Å². The van der Waals surface area contributed by atoms with Crippen molar-refractivity contribution in [2.75, 3.05) is 5.75 Å². The Balaban J connectivity index is 1.96. The van der Waals surface area contributed by atoms with Crippen molar-refractivity contribution in [3.05, 3.63) is 92.8 Å². The third-order valence-corrected chi connectivity index (χ3v) is 5.30. The molecule has 0 fully saturated rings. The Bertz CT molecular complexity index is 992. The lowest BCUT2D eigenvalue weighted by molar-refractivity contribution is 0.627. The van der Waals surface area contributed by atoms with Gasteiger partial charge in [-0.25, -0.2) is 9.36 Å². The molecule has 1 aliphatic heterocycles. The molecule has 0 N–H and O–H groups in total. The highest BCUT2D eigenvalue weighted by Crippen LogP contribution is 2.27. The zero-order valence-electron chi connectivity index (χ0n) is 13.0. The standard InChI is InChI=1S/C19H16N2O2S/c22-18-17-16(11-12-24-17)20(13-14-7-3-1-4-8-14)19(23)21(18)15-9-5-2-6-10-15/h1-10H,11-13H2. The minimum absolute atomic E-state index is 0.201. The Morgan fingerprint density at radius 3 is 2.29 bits per heavy atom. The highest BCUT2D eigenvalue weighted by Gasteiger charge is 2.24. The fourth-order valence-corrected chi connectivity index (χ4v) is 4.14. The molecule has 0 spiro atoms. The number of benzene rings is 2. The summed E-state index contributed by atoms with van der Waals surface area (Å²) in [4.78, 5) is 26.6. The van der Waals surface area contributed by atoms with Crippen molar-refractivity contribution in [1.82, 2.24) is 9.13 Å². The summed E-state index contributed by atoms with van der Waals surface area (Å²) in [5.74, 6) is 0.845. The van der Waals surface area contributed by atoms with E-state index >= 15 is 0 Å². The maximum Gasteiger partial charge on any atom is 0.336 e. The van der Waals surface area contributed by atoms with Crippen LogP contribution in [0.4, 0.5) is 0 Å². The van der Waals surface area contributed by atoms with Gasteiger partial charge in [-0.05, 0) is 24.1 Å². The van der Waals surface area contributed by atoms with Gasteiger partial charge in [-0.3, -0.25) is 9.36 Å². The van der Waals surface area contributed by atoms with Crippen LogP contribution in [0, 0.1) is 0 Å². The number of hydrogen-bond acceptors (Lipinski definition) is 3. The number of fused-ring (bicyclic) bond motifs is 1. The van der Waals surface area contributed by atoms with Gasteiger partial charge in [0.2, 0.25) is 0 Å². The molecule has 5 heteroatoms. The molecule has 3 aromatic rings. The van der Waals surface area contributed by atoms with E-state index in [1.807, 2.05) is 48.5 Å². The van der Waals surface area contributed by atoms with Crippen LogP contribution in [-0.4, -0.2) is 14.9 Å². The average molecular weight is 336 g/mol. The Morgan fingerprint density at radius 1 is 0.917 bits per heavy atom. The molecule has 120 valence electrons. The van der Waals surface area contributed by atoms with E-state index in [0.717, 1.165) is 23.4 Å². The van der Waals surface area contributed by atoms with Crippen LogP contribution in [0.3, 0.4) is 0 Å². The molecule has 4 rings (SSSR count). The minimum atomic E-state index is -0.267. The van der Waals surface area contributed by atoms with Crippen molar-refractivity contribution >= 4 is 11.8 Å². The molecule has 0 saturated carbocycles. The summed E-state index contributed by atoms with van der Waals surface area (Å²) >= 11 is 1.54. The van der Waals surface area contributed by atoms with Gasteiger partial charge in [0, 0.05) is 11.4 Å². The highest BCUT2D eigenvalue weighted by atomic mass is 32.2. The Hall–Kier alpha value is -2.53. The first kappa shape index (κ1) is 15.0. The molecule has 1 aliphatic rings. The minimum Gasteiger partial charge on any atom is -0.292 e. The van der Waals surface area contributed by atoms with E-state index in [9.17, 15) is 9.59 Å². The predicted molar refractivity (Wildman–Crippen MR) is 96.3 cm³/mol. The molecular weight excluding hydrogens is 320 g/mol. The van der Waals surface area contributed by atoms with E-state index in [1.165, 1.54) is 4.57 Å². The van der Waals surface area contributed by atoms with Crippen LogP contribution in [0.2, 0.25) is 0 Å².